The highest BCUT2D eigenvalue weighted by Gasteiger charge is 2.24. The Morgan fingerprint density at radius 3 is 2.00 bits per heavy atom. The number of carbonyl (C=O) groups excluding carboxylic acids is 4. The van der Waals surface area contributed by atoms with E-state index < -0.39 is 48.6 Å². The Labute approximate surface area is 174 Å². The molecule has 0 aliphatic rings. The second kappa shape index (κ2) is 12.0. The molecule has 0 saturated heterocycles. The van der Waals surface area contributed by atoms with Crippen LogP contribution in [0.25, 0.3) is 0 Å². The SMILES string of the molecule is CC(C)[C@H](N)C(=O)Oc1ccc(C[C@H](N)C(=O)OC(=O)[C@@H](N)COC(=O)CN)cc1. The summed E-state index contributed by atoms with van der Waals surface area (Å²) in [6, 6.07) is 3.05. The van der Waals surface area contributed by atoms with Crippen molar-refractivity contribution in [3.63, 3.8) is 0 Å². The third-order valence-electron chi connectivity index (χ3n) is 3.99. The van der Waals surface area contributed by atoms with Gasteiger partial charge in [0.05, 0.1) is 6.54 Å². The topological polar surface area (TPSA) is 200 Å². The summed E-state index contributed by atoms with van der Waals surface area (Å²) < 4.78 is 14.4. The fraction of sp³-hybridized carbons (Fsp3) is 0.474. The lowest BCUT2D eigenvalue weighted by Crippen LogP contribution is -2.43. The molecule has 1 aromatic rings. The Bertz CT molecular complexity index is 752. The van der Waals surface area contributed by atoms with Gasteiger partial charge in [-0.25, -0.2) is 14.4 Å². The Morgan fingerprint density at radius 1 is 0.900 bits per heavy atom. The zero-order valence-corrected chi connectivity index (χ0v) is 16.9. The normalized spacial score (nSPS) is 13.8. The summed E-state index contributed by atoms with van der Waals surface area (Å²) in [6.45, 7) is 2.77. The molecule has 0 radical (unpaired) electrons. The first-order valence-electron chi connectivity index (χ1n) is 9.23. The highest BCUT2D eigenvalue weighted by molar-refractivity contribution is 5.91. The highest BCUT2D eigenvalue weighted by Crippen LogP contribution is 2.15. The van der Waals surface area contributed by atoms with Crippen LogP contribution in [-0.2, 0) is 35.1 Å². The fourth-order valence-corrected chi connectivity index (χ4v) is 2.05. The largest absolute Gasteiger partial charge is 0.462 e. The van der Waals surface area contributed by atoms with E-state index in [0.717, 1.165) is 0 Å². The fourth-order valence-electron chi connectivity index (χ4n) is 2.05. The zero-order chi connectivity index (χ0) is 22.8. The second-order valence-corrected chi connectivity index (χ2v) is 6.88. The zero-order valence-electron chi connectivity index (χ0n) is 16.9. The maximum Gasteiger partial charge on any atom is 0.334 e. The van der Waals surface area contributed by atoms with E-state index in [2.05, 4.69) is 9.47 Å². The third-order valence-corrected chi connectivity index (χ3v) is 3.99. The molecule has 0 aliphatic carbocycles. The summed E-state index contributed by atoms with van der Waals surface area (Å²) in [7, 11) is 0. The van der Waals surface area contributed by atoms with Gasteiger partial charge in [-0.1, -0.05) is 26.0 Å². The summed E-state index contributed by atoms with van der Waals surface area (Å²) in [6.07, 6.45) is 0.0588. The van der Waals surface area contributed by atoms with Crippen molar-refractivity contribution in [3.8, 4) is 5.75 Å². The van der Waals surface area contributed by atoms with Gasteiger partial charge in [0.2, 0.25) is 0 Å². The Morgan fingerprint density at radius 2 is 1.47 bits per heavy atom. The van der Waals surface area contributed by atoms with E-state index in [1.165, 1.54) is 12.1 Å². The molecule has 166 valence electrons. The number of nitrogens with two attached hydrogens (primary N) is 4. The number of rotatable bonds is 10. The van der Waals surface area contributed by atoms with Crippen molar-refractivity contribution < 1.29 is 33.4 Å². The average molecular weight is 424 g/mol. The van der Waals surface area contributed by atoms with E-state index in [1.54, 1.807) is 26.0 Å². The quantitative estimate of drug-likeness (QED) is 0.190. The van der Waals surface area contributed by atoms with Crippen molar-refractivity contribution in [2.24, 2.45) is 28.9 Å². The van der Waals surface area contributed by atoms with Gasteiger partial charge in [-0.05, 0) is 30.0 Å². The lowest BCUT2D eigenvalue weighted by molar-refractivity contribution is -0.162. The molecule has 0 bridgehead atoms. The van der Waals surface area contributed by atoms with Crippen molar-refractivity contribution in [1.29, 1.82) is 0 Å². The van der Waals surface area contributed by atoms with Gasteiger partial charge in [0, 0.05) is 0 Å². The maximum atomic E-state index is 12.0. The molecule has 0 heterocycles. The van der Waals surface area contributed by atoms with Crippen LogP contribution >= 0.6 is 0 Å². The van der Waals surface area contributed by atoms with Crippen molar-refractivity contribution in [3.05, 3.63) is 29.8 Å². The Kier molecular flexibility index (Phi) is 10.1. The molecule has 1 aromatic carbocycles. The molecule has 0 saturated carbocycles. The second-order valence-electron chi connectivity index (χ2n) is 6.88. The van der Waals surface area contributed by atoms with E-state index in [1.807, 2.05) is 0 Å². The molecule has 0 spiro atoms. The van der Waals surface area contributed by atoms with Gasteiger partial charge in [0.15, 0.2) is 0 Å². The van der Waals surface area contributed by atoms with E-state index in [0.29, 0.717) is 11.3 Å². The lowest BCUT2D eigenvalue weighted by Gasteiger charge is -2.15. The van der Waals surface area contributed by atoms with Gasteiger partial charge in [-0.15, -0.1) is 0 Å². The molecular weight excluding hydrogens is 396 g/mol. The molecule has 8 N–H and O–H groups in total. The van der Waals surface area contributed by atoms with Gasteiger partial charge in [0.25, 0.3) is 0 Å². The van der Waals surface area contributed by atoms with Gasteiger partial charge in [-0.3, -0.25) is 4.79 Å². The monoisotopic (exact) mass is 424 g/mol. The summed E-state index contributed by atoms with van der Waals surface area (Å²) in [5.74, 6) is -3.14. The molecule has 0 fully saturated rings. The van der Waals surface area contributed by atoms with Crippen LogP contribution in [0.5, 0.6) is 5.75 Å². The van der Waals surface area contributed by atoms with Crippen LogP contribution in [0.4, 0.5) is 0 Å². The number of esters is 4. The Balaban J connectivity index is 2.54. The number of carbonyl (C=O) groups is 4. The standard InChI is InChI=1S/C19H28N4O7/c1-10(2)16(23)19(27)29-12-5-3-11(4-6-12)7-13(21)17(25)30-18(26)14(22)9-28-15(24)8-20/h3-6,10,13-14,16H,7-9,20-23H2,1-2H3/t13-,14-,16-/m0/s1. The lowest BCUT2D eigenvalue weighted by atomic mass is 10.1. The van der Waals surface area contributed by atoms with Gasteiger partial charge < -0.3 is 37.1 Å². The summed E-state index contributed by atoms with van der Waals surface area (Å²) in [4.78, 5) is 46.5. The van der Waals surface area contributed by atoms with Gasteiger partial charge >= 0.3 is 23.9 Å². The molecule has 11 heteroatoms. The van der Waals surface area contributed by atoms with Crippen LogP contribution < -0.4 is 27.7 Å². The van der Waals surface area contributed by atoms with Crippen LogP contribution in [0, 0.1) is 5.92 Å². The summed E-state index contributed by atoms with van der Waals surface area (Å²) in [5.41, 5.74) is 22.7. The molecule has 0 unspecified atom stereocenters. The predicted octanol–water partition coefficient (Wildman–Crippen LogP) is -1.66. The Hall–Kier alpha value is -2.86. The molecule has 0 aliphatic heterocycles. The average Bonchev–Trinajstić information content (AvgIpc) is 2.71. The number of ether oxygens (including phenoxy) is 3. The van der Waals surface area contributed by atoms with Crippen molar-refractivity contribution in [1.82, 2.24) is 0 Å². The molecule has 0 amide bonds. The smallest absolute Gasteiger partial charge is 0.334 e. The third kappa shape index (κ3) is 8.25. The van der Waals surface area contributed by atoms with E-state index >= 15 is 0 Å². The minimum Gasteiger partial charge on any atom is -0.462 e. The maximum absolute atomic E-state index is 12.0. The number of benzene rings is 1. The van der Waals surface area contributed by atoms with Crippen molar-refractivity contribution >= 4 is 23.9 Å². The summed E-state index contributed by atoms with van der Waals surface area (Å²) >= 11 is 0. The molecule has 1 rings (SSSR count). The minimum atomic E-state index is -1.34. The van der Waals surface area contributed by atoms with E-state index in [9.17, 15) is 19.2 Å². The highest BCUT2D eigenvalue weighted by atomic mass is 16.6. The minimum absolute atomic E-state index is 0.0588. The first-order valence-corrected chi connectivity index (χ1v) is 9.23. The van der Waals surface area contributed by atoms with Crippen LogP contribution in [0.15, 0.2) is 24.3 Å². The van der Waals surface area contributed by atoms with Crippen LogP contribution in [0.1, 0.15) is 19.4 Å². The molecule has 30 heavy (non-hydrogen) atoms. The number of hydrogen-bond acceptors (Lipinski definition) is 11. The number of hydrogen-bond donors (Lipinski definition) is 4. The first kappa shape index (κ1) is 25.2. The van der Waals surface area contributed by atoms with Crippen LogP contribution in [-0.4, -0.2) is 55.2 Å². The van der Waals surface area contributed by atoms with Gasteiger partial charge in [-0.2, -0.15) is 0 Å². The molecule has 3 atom stereocenters. The van der Waals surface area contributed by atoms with Crippen molar-refractivity contribution in [2.45, 2.75) is 38.4 Å². The summed E-state index contributed by atoms with van der Waals surface area (Å²) in [5, 5.41) is 0. The predicted molar refractivity (Wildman–Crippen MR) is 106 cm³/mol. The first-order chi connectivity index (χ1) is 14.0. The van der Waals surface area contributed by atoms with Crippen molar-refractivity contribution in [2.75, 3.05) is 13.2 Å². The van der Waals surface area contributed by atoms with Crippen LogP contribution in [0.2, 0.25) is 0 Å². The molecule has 11 nitrogen and oxygen atoms in total. The van der Waals surface area contributed by atoms with Gasteiger partial charge in [0.1, 0.15) is 30.5 Å². The molecular formula is C19H28N4O7. The van der Waals surface area contributed by atoms with Crippen LogP contribution in [0.3, 0.4) is 0 Å². The van der Waals surface area contributed by atoms with E-state index in [4.69, 9.17) is 27.7 Å². The molecule has 0 aromatic heterocycles. The van der Waals surface area contributed by atoms with E-state index in [-0.39, 0.29) is 18.9 Å².